The van der Waals surface area contributed by atoms with Crippen LogP contribution in [0.1, 0.15) is 42.7 Å². The van der Waals surface area contributed by atoms with Gasteiger partial charge < -0.3 is 30.5 Å². The van der Waals surface area contributed by atoms with Gasteiger partial charge in [0.2, 0.25) is 0 Å². The number of phenolic OH excluding ortho intramolecular Hbond substituents is 2. The number of carbonyl (C=O) groups is 1. The van der Waals surface area contributed by atoms with E-state index in [2.05, 4.69) is 42.7 Å². The number of pyridine rings is 1. The number of anilines is 1. The molecule has 0 saturated carbocycles. The van der Waals surface area contributed by atoms with Gasteiger partial charge in [0, 0.05) is 32.4 Å². The number of amides is 1. The van der Waals surface area contributed by atoms with Crippen molar-refractivity contribution in [2.24, 2.45) is 21.1 Å². The number of hydrogen-bond acceptors (Lipinski definition) is 8. The quantitative estimate of drug-likeness (QED) is 0.134. The van der Waals surface area contributed by atoms with Crippen molar-refractivity contribution in [2.75, 3.05) is 31.1 Å². The number of benzene rings is 2. The largest absolute Gasteiger partial charge is 0.508 e. The number of nitrogens with zero attached hydrogens (tertiary/aromatic N) is 5. The third-order valence-electron chi connectivity index (χ3n) is 6.79. The molecule has 1 aromatic heterocycles. The van der Waals surface area contributed by atoms with Gasteiger partial charge in [0.25, 0.3) is 5.91 Å². The van der Waals surface area contributed by atoms with Crippen LogP contribution in [0.5, 0.6) is 11.5 Å². The van der Waals surface area contributed by atoms with E-state index in [1.807, 2.05) is 39.0 Å². The molecular weight excluding hydrogens is 555 g/mol. The Labute approximate surface area is 249 Å². The first-order valence-electron chi connectivity index (χ1n) is 13.1. The Morgan fingerprint density at radius 1 is 1.10 bits per heavy atom. The highest BCUT2D eigenvalue weighted by Gasteiger charge is 2.28. The van der Waals surface area contributed by atoms with Gasteiger partial charge in [0.1, 0.15) is 17.3 Å². The third kappa shape index (κ3) is 7.00. The Morgan fingerprint density at radius 3 is 2.44 bits per heavy atom. The maximum Gasteiger partial charge on any atom is 0.257 e. The molecule has 2 aromatic carbocycles. The normalized spacial score (nSPS) is 15.5. The highest BCUT2D eigenvalue weighted by atomic mass is 32.1. The molecule has 1 amide bonds. The van der Waals surface area contributed by atoms with Gasteiger partial charge in [0.05, 0.1) is 21.8 Å². The zero-order valence-corrected chi connectivity index (χ0v) is 25.1. The molecule has 3 radical (unpaired) electrons. The van der Waals surface area contributed by atoms with E-state index >= 15 is 0 Å². The molecule has 5 N–H and O–H groups in total. The van der Waals surface area contributed by atoms with Gasteiger partial charge in [0.15, 0.2) is 17.4 Å². The molecule has 0 aliphatic carbocycles. The van der Waals surface area contributed by atoms with Gasteiger partial charge >= 0.3 is 0 Å². The second-order valence-electron chi connectivity index (χ2n) is 10.8. The maximum absolute atomic E-state index is 13.3. The Bertz CT molecular complexity index is 1450. The molecule has 10 nitrogen and oxygen atoms in total. The predicted octanol–water partition coefficient (Wildman–Crippen LogP) is 2.86. The number of rotatable bonds is 5. The number of hydrogen-bond donors (Lipinski definition) is 5. The van der Waals surface area contributed by atoms with E-state index < -0.39 is 0 Å². The molecule has 1 saturated heterocycles. The number of phenols is 2. The number of amidine groups is 2. The molecule has 1 aliphatic rings. The average molecular weight is 589 g/mol. The summed E-state index contributed by atoms with van der Waals surface area (Å²) < 4.78 is 2.71. The zero-order valence-electron chi connectivity index (χ0n) is 23.2. The van der Waals surface area contributed by atoms with Crippen LogP contribution in [0.4, 0.5) is 11.5 Å². The van der Waals surface area contributed by atoms with E-state index in [9.17, 15) is 15.0 Å². The first-order valence-corrected chi connectivity index (χ1v) is 14.1. The van der Waals surface area contributed by atoms with Gasteiger partial charge in [-0.25, -0.2) is 9.98 Å². The van der Waals surface area contributed by atoms with Crippen molar-refractivity contribution < 1.29 is 15.0 Å². The Hall–Kier alpha value is -4.03. The molecule has 0 bridgehead atoms. The molecule has 2 heterocycles. The monoisotopic (exact) mass is 588 g/mol. The number of aromatic nitrogens is 1. The Kier molecular flexibility index (Phi) is 9.23. The van der Waals surface area contributed by atoms with Crippen LogP contribution in [0.3, 0.4) is 0 Å². The summed E-state index contributed by atoms with van der Waals surface area (Å²) in [6, 6.07) is 15.3. The number of carbonyl (C=O) groups excluding carboxylic acids is 1. The van der Waals surface area contributed by atoms with Crippen LogP contribution >= 0.6 is 12.8 Å². The average Bonchev–Trinajstić information content (AvgIpc) is 2.96. The number of piperazine rings is 1. The minimum Gasteiger partial charge on any atom is -0.508 e. The number of nitrogens with one attached hydrogen (secondary N) is 1. The predicted molar refractivity (Wildman–Crippen MR) is 167 cm³/mol. The molecule has 0 spiro atoms. The second-order valence-corrected chi connectivity index (χ2v) is 11.5. The minimum atomic E-state index is -0.382. The minimum absolute atomic E-state index is 0.0181. The van der Waals surface area contributed by atoms with Crippen molar-refractivity contribution in [2.45, 2.75) is 26.8 Å². The van der Waals surface area contributed by atoms with Crippen molar-refractivity contribution in [3.05, 3.63) is 71.9 Å². The number of aliphatic imine (C=N–C) groups is 2. The lowest BCUT2D eigenvalue weighted by Crippen LogP contribution is -2.49. The van der Waals surface area contributed by atoms with Crippen molar-refractivity contribution >= 4 is 57.3 Å². The Balaban J connectivity index is 1.56. The van der Waals surface area contributed by atoms with Gasteiger partial charge in [-0.05, 0) is 46.5 Å². The molecule has 1 fully saturated rings. The highest BCUT2D eigenvalue weighted by molar-refractivity contribution is 7.78. The van der Waals surface area contributed by atoms with E-state index in [4.69, 9.17) is 10.7 Å². The van der Waals surface area contributed by atoms with Crippen LogP contribution in [0.25, 0.3) is 0 Å². The van der Waals surface area contributed by atoms with Gasteiger partial charge in [-0.1, -0.05) is 57.9 Å². The van der Waals surface area contributed by atoms with Crippen molar-refractivity contribution in [1.29, 1.82) is 0 Å². The second kappa shape index (κ2) is 12.6. The lowest BCUT2D eigenvalue weighted by atomic mass is 9.82. The number of thiol groups is 1. The van der Waals surface area contributed by atoms with Crippen LogP contribution in [0.15, 0.2) is 70.8 Å². The van der Waals surface area contributed by atoms with Crippen LogP contribution in [0.2, 0.25) is 0 Å². The summed E-state index contributed by atoms with van der Waals surface area (Å²) in [5, 5.41) is 21.5. The fraction of sp³-hybridized carbons (Fsp3) is 0.310. The van der Waals surface area contributed by atoms with Crippen molar-refractivity contribution in [3.63, 3.8) is 0 Å². The number of aromatic hydroxyl groups is 2. The van der Waals surface area contributed by atoms with Crippen molar-refractivity contribution in [1.82, 2.24) is 14.6 Å². The summed E-state index contributed by atoms with van der Waals surface area (Å²) in [5.74, 6) is 0.618. The third-order valence-corrected chi connectivity index (χ3v) is 7.40. The number of para-hydroxylation sites is 1. The van der Waals surface area contributed by atoms with Crippen molar-refractivity contribution in [3.8, 4) is 11.5 Å². The molecule has 0 unspecified atom stereocenters. The van der Waals surface area contributed by atoms with E-state index in [1.54, 1.807) is 47.5 Å². The molecule has 213 valence electrons. The smallest absolute Gasteiger partial charge is 0.257 e. The van der Waals surface area contributed by atoms with Gasteiger partial charge in [-0.2, -0.15) is 0 Å². The number of nitrogens with two attached hydrogens (primary N) is 1. The van der Waals surface area contributed by atoms with Crippen LogP contribution in [0, 0.1) is 5.41 Å². The van der Waals surface area contributed by atoms with E-state index in [1.165, 1.54) is 0 Å². The van der Waals surface area contributed by atoms with Gasteiger partial charge in [-0.3, -0.25) is 9.79 Å². The van der Waals surface area contributed by atoms with E-state index in [0.29, 0.717) is 31.4 Å². The lowest BCUT2D eigenvalue weighted by molar-refractivity contribution is 0.0743. The molecule has 1 atom stereocenters. The topological polar surface area (TPSA) is 140 Å². The molecule has 3 aromatic rings. The fourth-order valence-electron chi connectivity index (χ4n) is 4.60. The molecule has 12 heteroatoms. The summed E-state index contributed by atoms with van der Waals surface area (Å²) in [5.41, 5.74) is 7.12. The summed E-state index contributed by atoms with van der Waals surface area (Å²) in [6.07, 6.45) is 1.75. The zero-order chi connectivity index (χ0) is 29.7. The molecule has 1 aliphatic heterocycles. The Morgan fingerprint density at radius 2 is 1.83 bits per heavy atom. The van der Waals surface area contributed by atoms with Crippen LogP contribution in [-0.4, -0.2) is 74.1 Å². The van der Waals surface area contributed by atoms with E-state index in [-0.39, 0.29) is 51.8 Å². The summed E-state index contributed by atoms with van der Waals surface area (Å²) in [4.78, 5) is 30.7. The van der Waals surface area contributed by atoms with Crippen LogP contribution in [-0.2, 0) is 0 Å². The molecular formula is C29H34N7O3SSi. The maximum atomic E-state index is 13.3. The standard InChI is InChI=1S/C29H34N7O3SSi/c1-29(2,3)25(18-10-11-21(37)22(41)17-18)33-27(34-40)26(30)32-20-8-6-7-19(24(20)38)28(39)36-15-13-35(14-16-36)23-9-4-5-12-31-23/h4-12,17,25,37-38,40H,13-16H2,1-3H3,(H2,30,32)(H,33,34)/t25-/m0/s1. The van der Waals surface area contributed by atoms with Crippen LogP contribution < -0.4 is 20.5 Å². The lowest BCUT2D eigenvalue weighted by Gasteiger charge is -2.35. The van der Waals surface area contributed by atoms with Gasteiger partial charge in [-0.15, -0.1) is 0 Å². The highest BCUT2D eigenvalue weighted by Crippen LogP contribution is 2.37. The van der Waals surface area contributed by atoms with E-state index in [0.717, 1.165) is 11.4 Å². The fourth-order valence-corrected chi connectivity index (χ4v) is 5.02. The first-order chi connectivity index (χ1) is 19.5. The first kappa shape index (κ1) is 29.9. The SMILES string of the molecule is CC(C)(C)[C@@H](N=C(NS)C(N)=Nc1cccc(C(=O)N2CCN(c3ccccn3)CC2)c1O)c1ccc(O)c([Si])c1. The molecule has 41 heavy (non-hydrogen) atoms. The summed E-state index contributed by atoms with van der Waals surface area (Å²) in [7, 11) is 3.42. The summed E-state index contributed by atoms with van der Waals surface area (Å²) >= 11 is 4.20. The molecule has 4 rings (SSSR count). The summed E-state index contributed by atoms with van der Waals surface area (Å²) in [6.45, 7) is 8.34.